The van der Waals surface area contributed by atoms with E-state index >= 15 is 0 Å². The zero-order valence-electron chi connectivity index (χ0n) is 15.7. The summed E-state index contributed by atoms with van der Waals surface area (Å²) in [7, 11) is 0. The van der Waals surface area contributed by atoms with Gasteiger partial charge in [0.05, 0.1) is 17.1 Å². The molecule has 0 saturated carbocycles. The number of aromatic nitrogens is 4. The molecular weight excluding hydrogens is 360 g/mol. The quantitative estimate of drug-likeness (QED) is 0.710. The highest BCUT2D eigenvalue weighted by atomic mass is 35.5. The van der Waals surface area contributed by atoms with E-state index in [0.717, 1.165) is 66.0 Å². The molecule has 0 aliphatic carbocycles. The van der Waals surface area contributed by atoms with Gasteiger partial charge in [-0.1, -0.05) is 24.6 Å². The first-order valence-electron chi connectivity index (χ1n) is 9.47. The van der Waals surface area contributed by atoms with Gasteiger partial charge < -0.3 is 15.6 Å². The fourth-order valence-corrected chi connectivity index (χ4v) is 4.08. The number of aromatic amines is 1. The van der Waals surface area contributed by atoms with Crippen molar-refractivity contribution in [1.29, 1.82) is 0 Å². The normalized spacial score (nSPS) is 15.4. The number of hydrogen-bond acceptors (Lipinski definition) is 4. The molecule has 27 heavy (non-hydrogen) atoms. The van der Waals surface area contributed by atoms with Gasteiger partial charge in [-0.2, -0.15) is 5.10 Å². The molecule has 1 aliphatic rings. The van der Waals surface area contributed by atoms with E-state index in [0.29, 0.717) is 11.9 Å². The van der Waals surface area contributed by atoms with Gasteiger partial charge in [-0.25, -0.2) is 9.67 Å². The van der Waals surface area contributed by atoms with Crippen molar-refractivity contribution in [1.82, 2.24) is 19.7 Å². The molecule has 1 aliphatic heterocycles. The molecule has 2 aromatic heterocycles. The van der Waals surface area contributed by atoms with E-state index in [4.69, 9.17) is 22.4 Å². The van der Waals surface area contributed by atoms with Gasteiger partial charge in [0.1, 0.15) is 5.82 Å². The molecule has 3 N–H and O–H groups in total. The van der Waals surface area contributed by atoms with Crippen LogP contribution in [0, 0.1) is 6.92 Å². The maximum Gasteiger partial charge on any atom is 0.197 e. The Morgan fingerprint density at radius 2 is 2.04 bits per heavy atom. The number of benzene rings is 1. The van der Waals surface area contributed by atoms with Gasteiger partial charge in [0.25, 0.3) is 0 Å². The van der Waals surface area contributed by atoms with Crippen molar-refractivity contribution in [3.05, 3.63) is 52.4 Å². The van der Waals surface area contributed by atoms with Crippen LogP contribution in [-0.4, -0.2) is 32.8 Å². The summed E-state index contributed by atoms with van der Waals surface area (Å²) in [6.45, 7) is 6.11. The molecule has 0 spiro atoms. The zero-order chi connectivity index (χ0) is 19.0. The van der Waals surface area contributed by atoms with Crippen LogP contribution < -0.4 is 10.6 Å². The molecule has 0 radical (unpaired) electrons. The van der Waals surface area contributed by atoms with E-state index in [2.05, 4.69) is 27.9 Å². The molecule has 0 unspecified atom stereocenters. The smallest absolute Gasteiger partial charge is 0.197 e. The number of anilines is 2. The van der Waals surface area contributed by atoms with Crippen molar-refractivity contribution in [2.75, 3.05) is 23.7 Å². The van der Waals surface area contributed by atoms with Crippen molar-refractivity contribution >= 4 is 23.4 Å². The number of nitrogens with zero attached hydrogens (tertiary/aromatic N) is 4. The first-order chi connectivity index (χ1) is 13.0. The van der Waals surface area contributed by atoms with Crippen LogP contribution in [0.3, 0.4) is 0 Å². The van der Waals surface area contributed by atoms with Crippen LogP contribution in [-0.2, 0) is 6.42 Å². The predicted octanol–water partition coefficient (Wildman–Crippen LogP) is 4.09. The standard InChI is InChI=1S/C20H25ClN6/c1-3-16-12-18(27(25-16)17-6-4-5-15(21)11-17)26-9-7-14(8-10-26)19-13(2)23-20(22)24-19/h4-6,11-12,14H,3,7-10H2,1-2H3,(H3,22,23,24). The van der Waals surface area contributed by atoms with Crippen molar-refractivity contribution in [2.45, 2.75) is 39.0 Å². The summed E-state index contributed by atoms with van der Waals surface area (Å²) in [6.07, 6.45) is 3.00. The van der Waals surface area contributed by atoms with Gasteiger partial charge in [-0.05, 0) is 44.4 Å². The third-order valence-electron chi connectivity index (χ3n) is 5.30. The summed E-state index contributed by atoms with van der Waals surface area (Å²) in [5.74, 6) is 2.09. The van der Waals surface area contributed by atoms with E-state index < -0.39 is 0 Å². The molecule has 1 saturated heterocycles. The van der Waals surface area contributed by atoms with Crippen LogP contribution in [0.5, 0.6) is 0 Å². The van der Waals surface area contributed by atoms with Crippen LogP contribution in [0.2, 0.25) is 5.02 Å². The van der Waals surface area contributed by atoms with Gasteiger partial charge in [0.15, 0.2) is 5.95 Å². The van der Waals surface area contributed by atoms with Crippen LogP contribution in [0.15, 0.2) is 30.3 Å². The second-order valence-electron chi connectivity index (χ2n) is 7.13. The number of nitrogens with two attached hydrogens (primary N) is 1. The summed E-state index contributed by atoms with van der Waals surface area (Å²) in [5.41, 5.74) is 10.1. The summed E-state index contributed by atoms with van der Waals surface area (Å²) < 4.78 is 2.02. The van der Waals surface area contributed by atoms with Crippen LogP contribution in [0.1, 0.15) is 42.8 Å². The molecule has 3 heterocycles. The monoisotopic (exact) mass is 384 g/mol. The molecule has 1 aromatic carbocycles. The fraction of sp³-hybridized carbons (Fsp3) is 0.400. The first-order valence-corrected chi connectivity index (χ1v) is 9.84. The second-order valence-corrected chi connectivity index (χ2v) is 7.57. The number of imidazole rings is 1. The molecule has 142 valence electrons. The molecule has 0 atom stereocenters. The summed E-state index contributed by atoms with van der Waals surface area (Å²) in [6, 6.07) is 10.0. The molecule has 7 heteroatoms. The van der Waals surface area contributed by atoms with Gasteiger partial charge in [0.2, 0.25) is 0 Å². The average Bonchev–Trinajstić information content (AvgIpc) is 3.25. The summed E-state index contributed by atoms with van der Waals surface area (Å²) in [5, 5.41) is 5.51. The lowest BCUT2D eigenvalue weighted by Crippen LogP contribution is -2.34. The maximum atomic E-state index is 6.20. The molecule has 6 nitrogen and oxygen atoms in total. The van der Waals surface area contributed by atoms with Crippen LogP contribution >= 0.6 is 11.6 Å². The Bertz CT molecular complexity index is 936. The lowest BCUT2D eigenvalue weighted by Gasteiger charge is -2.33. The molecule has 0 bridgehead atoms. The van der Waals surface area contributed by atoms with Crippen LogP contribution in [0.4, 0.5) is 11.8 Å². The number of nitrogen functional groups attached to an aromatic ring is 1. The van der Waals surface area contributed by atoms with Crippen LogP contribution in [0.25, 0.3) is 5.69 Å². The molecular formula is C20H25ClN6. The number of nitrogens with one attached hydrogen (secondary N) is 1. The van der Waals surface area contributed by atoms with Gasteiger partial charge in [0, 0.05) is 35.8 Å². The maximum absolute atomic E-state index is 6.20. The molecule has 0 amide bonds. The third-order valence-corrected chi connectivity index (χ3v) is 5.54. The minimum Gasteiger partial charge on any atom is -0.369 e. The van der Waals surface area contributed by atoms with Crippen molar-refractivity contribution < 1.29 is 0 Å². The van der Waals surface area contributed by atoms with E-state index in [1.54, 1.807) is 0 Å². The number of piperidine rings is 1. The molecule has 4 rings (SSSR count). The first kappa shape index (κ1) is 17.9. The van der Waals surface area contributed by atoms with E-state index in [1.807, 2.05) is 35.9 Å². The highest BCUT2D eigenvalue weighted by molar-refractivity contribution is 6.30. The largest absolute Gasteiger partial charge is 0.369 e. The number of rotatable bonds is 4. The Morgan fingerprint density at radius 1 is 1.26 bits per heavy atom. The number of aryl methyl sites for hydroxylation is 2. The lowest BCUT2D eigenvalue weighted by atomic mass is 9.92. The third kappa shape index (κ3) is 3.54. The van der Waals surface area contributed by atoms with E-state index in [9.17, 15) is 0 Å². The Balaban J connectivity index is 1.58. The minimum atomic E-state index is 0.447. The lowest BCUT2D eigenvalue weighted by molar-refractivity contribution is 0.490. The number of hydrogen-bond donors (Lipinski definition) is 2. The minimum absolute atomic E-state index is 0.447. The Kier molecular flexibility index (Phi) is 4.83. The Morgan fingerprint density at radius 3 is 2.67 bits per heavy atom. The van der Waals surface area contributed by atoms with E-state index in [1.165, 1.54) is 0 Å². The molecule has 1 fully saturated rings. The topological polar surface area (TPSA) is 75.8 Å². The number of H-pyrrole nitrogens is 1. The fourth-order valence-electron chi connectivity index (χ4n) is 3.89. The highest BCUT2D eigenvalue weighted by Crippen LogP contribution is 2.33. The summed E-state index contributed by atoms with van der Waals surface area (Å²) in [4.78, 5) is 10.0. The summed E-state index contributed by atoms with van der Waals surface area (Å²) >= 11 is 6.20. The van der Waals surface area contributed by atoms with Gasteiger partial charge in [-0.15, -0.1) is 0 Å². The van der Waals surface area contributed by atoms with Gasteiger partial charge >= 0.3 is 0 Å². The zero-order valence-corrected chi connectivity index (χ0v) is 16.5. The van der Waals surface area contributed by atoms with E-state index in [-0.39, 0.29) is 0 Å². The van der Waals surface area contributed by atoms with Crippen molar-refractivity contribution in [3.63, 3.8) is 0 Å². The second kappa shape index (κ2) is 7.27. The Hall–Kier alpha value is -2.47. The van der Waals surface area contributed by atoms with Crippen molar-refractivity contribution in [3.8, 4) is 5.69 Å². The predicted molar refractivity (Wildman–Crippen MR) is 110 cm³/mol. The van der Waals surface area contributed by atoms with Crippen molar-refractivity contribution in [2.24, 2.45) is 0 Å². The molecule has 3 aromatic rings. The number of halogens is 1. The SMILES string of the molecule is CCc1cc(N2CCC(c3nc(N)[nH]c3C)CC2)n(-c2cccc(Cl)c2)n1. The Labute approximate surface area is 164 Å². The van der Waals surface area contributed by atoms with Gasteiger partial charge in [-0.3, -0.25) is 0 Å². The average molecular weight is 385 g/mol. The highest BCUT2D eigenvalue weighted by Gasteiger charge is 2.26.